The zero-order chi connectivity index (χ0) is 30.7. The molecule has 9 nitrogen and oxygen atoms in total. The maximum absolute atomic E-state index is 13.6. The summed E-state index contributed by atoms with van der Waals surface area (Å²) in [6.45, 7) is 4.01. The molecule has 226 valence electrons. The van der Waals surface area contributed by atoms with Crippen molar-refractivity contribution in [3.8, 4) is 28.4 Å². The van der Waals surface area contributed by atoms with Crippen LogP contribution in [0.1, 0.15) is 29.8 Å². The minimum Gasteiger partial charge on any atom is -0.461 e. The lowest BCUT2D eigenvalue weighted by Crippen LogP contribution is -2.62. The Morgan fingerprint density at radius 3 is 2.16 bits per heavy atom. The van der Waals surface area contributed by atoms with Crippen LogP contribution < -0.4 is 14.8 Å². The molecule has 1 N–H and O–H groups in total. The van der Waals surface area contributed by atoms with E-state index in [1.165, 1.54) is 7.11 Å². The fraction of sp³-hybridized carbons (Fsp3) is 0.257. The van der Waals surface area contributed by atoms with Gasteiger partial charge < -0.3 is 33.7 Å². The van der Waals surface area contributed by atoms with Crippen molar-refractivity contribution in [2.24, 2.45) is 0 Å². The maximum atomic E-state index is 13.6. The van der Waals surface area contributed by atoms with E-state index in [1.54, 1.807) is 12.1 Å². The van der Waals surface area contributed by atoms with E-state index in [-0.39, 0.29) is 5.91 Å². The first-order valence-corrected chi connectivity index (χ1v) is 14.3. The molecule has 4 aromatic carbocycles. The molecular formula is C35H33NO8. The number of benzene rings is 4. The normalized spacial score (nSPS) is 21.8. The van der Waals surface area contributed by atoms with Crippen LogP contribution in [-0.4, -0.2) is 49.4 Å². The van der Waals surface area contributed by atoms with E-state index in [0.717, 1.165) is 16.9 Å². The van der Waals surface area contributed by atoms with Gasteiger partial charge in [-0.25, -0.2) is 4.79 Å². The van der Waals surface area contributed by atoms with Crippen molar-refractivity contribution < 1.29 is 38.0 Å². The fourth-order valence-electron chi connectivity index (χ4n) is 5.54. The van der Waals surface area contributed by atoms with Gasteiger partial charge in [-0.1, -0.05) is 60.7 Å². The lowest BCUT2D eigenvalue weighted by atomic mass is 9.89. The number of hydrogen-bond acceptors (Lipinski definition) is 8. The number of nitrogens with one attached hydrogen (secondary N) is 1. The molecule has 4 aromatic rings. The SMILES string of the molecule is CO[C@@H]1[C@H]2OC(=O)O[C@H]2[C@H](Oc2ccc(-c3ccc(Oc4ccccc4)cc3)c(C(=O)NCc3ccccc3)c2)OC1(C)C. The van der Waals surface area contributed by atoms with Crippen LogP contribution in [0.25, 0.3) is 11.1 Å². The third-order valence-electron chi connectivity index (χ3n) is 7.64. The molecule has 0 unspecified atom stereocenters. The van der Waals surface area contributed by atoms with Crippen LogP contribution in [0.5, 0.6) is 17.2 Å². The van der Waals surface area contributed by atoms with E-state index >= 15 is 0 Å². The standard InChI is InChI=1S/C35H33NO8/c1-35(2)31(39-3)29-30(43-34(38)42-29)33(44-35)41-26-18-19-27(28(20-26)32(37)36-21-22-10-6-4-7-11-22)23-14-16-25(17-15-23)40-24-12-8-5-9-13-24/h4-20,29-31,33H,21H2,1-3H3,(H,36,37)/t29-,30+,31+,33+/m0/s1. The summed E-state index contributed by atoms with van der Waals surface area (Å²) in [6, 6.07) is 31.9. The molecule has 2 fully saturated rings. The van der Waals surface area contributed by atoms with Crippen LogP contribution in [0.3, 0.4) is 0 Å². The summed E-state index contributed by atoms with van der Waals surface area (Å²) in [6.07, 6.45) is -3.94. The van der Waals surface area contributed by atoms with Gasteiger partial charge in [-0.2, -0.15) is 0 Å². The number of methoxy groups -OCH3 is 1. The number of amides is 1. The van der Waals surface area contributed by atoms with E-state index < -0.39 is 36.4 Å². The highest BCUT2D eigenvalue weighted by Gasteiger charge is 2.58. The van der Waals surface area contributed by atoms with E-state index in [9.17, 15) is 9.59 Å². The summed E-state index contributed by atoms with van der Waals surface area (Å²) >= 11 is 0. The van der Waals surface area contributed by atoms with Gasteiger partial charge in [-0.3, -0.25) is 4.79 Å². The van der Waals surface area contributed by atoms with E-state index in [0.29, 0.717) is 29.2 Å². The van der Waals surface area contributed by atoms with Crippen LogP contribution in [0.2, 0.25) is 0 Å². The summed E-state index contributed by atoms with van der Waals surface area (Å²) < 4.78 is 34.8. The second-order valence-corrected chi connectivity index (χ2v) is 11.1. The molecular weight excluding hydrogens is 562 g/mol. The molecule has 6 rings (SSSR count). The number of rotatable bonds is 9. The quantitative estimate of drug-likeness (QED) is 0.219. The summed E-state index contributed by atoms with van der Waals surface area (Å²) in [7, 11) is 1.53. The number of hydrogen-bond donors (Lipinski definition) is 1. The molecule has 2 aliphatic rings. The van der Waals surface area contributed by atoms with Crippen molar-refractivity contribution in [1.29, 1.82) is 0 Å². The van der Waals surface area contributed by atoms with Gasteiger partial charge in [0, 0.05) is 13.7 Å². The van der Waals surface area contributed by atoms with Crippen molar-refractivity contribution in [2.75, 3.05) is 7.11 Å². The second-order valence-electron chi connectivity index (χ2n) is 11.1. The zero-order valence-corrected chi connectivity index (χ0v) is 24.6. The highest BCUT2D eigenvalue weighted by atomic mass is 16.8. The average molecular weight is 596 g/mol. The van der Waals surface area contributed by atoms with Gasteiger partial charge in [0.15, 0.2) is 6.10 Å². The average Bonchev–Trinajstić information content (AvgIpc) is 3.42. The summed E-state index contributed by atoms with van der Waals surface area (Å²) in [5, 5.41) is 3.01. The van der Waals surface area contributed by atoms with Gasteiger partial charge in [0.1, 0.15) is 23.4 Å². The maximum Gasteiger partial charge on any atom is 0.509 e. The summed E-state index contributed by atoms with van der Waals surface area (Å²) in [4.78, 5) is 25.7. The molecule has 9 heteroatoms. The minimum atomic E-state index is -0.992. The number of carbonyl (C=O) groups is 2. The summed E-state index contributed by atoms with van der Waals surface area (Å²) in [5.41, 5.74) is 2.03. The number of fused-ring (bicyclic) bond motifs is 1. The van der Waals surface area contributed by atoms with Crippen LogP contribution in [0.15, 0.2) is 103 Å². The van der Waals surface area contributed by atoms with Gasteiger partial charge in [0.2, 0.25) is 12.4 Å². The Kier molecular flexibility index (Phi) is 8.23. The number of para-hydroxylation sites is 1. The molecule has 0 bridgehead atoms. The van der Waals surface area contributed by atoms with E-state index in [4.69, 9.17) is 28.4 Å². The van der Waals surface area contributed by atoms with Crippen molar-refractivity contribution in [3.05, 3.63) is 114 Å². The number of ether oxygens (including phenoxy) is 6. The predicted molar refractivity (Wildman–Crippen MR) is 162 cm³/mol. The molecule has 0 aromatic heterocycles. The summed E-state index contributed by atoms with van der Waals surface area (Å²) in [5.74, 6) is 1.48. The smallest absolute Gasteiger partial charge is 0.461 e. The minimum absolute atomic E-state index is 0.281. The molecule has 0 saturated carbocycles. The van der Waals surface area contributed by atoms with Gasteiger partial charge in [0.05, 0.1) is 11.2 Å². The highest BCUT2D eigenvalue weighted by molar-refractivity contribution is 6.01. The molecule has 1 amide bonds. The second kappa shape index (κ2) is 12.4. The molecule has 44 heavy (non-hydrogen) atoms. The Bertz CT molecular complexity index is 1610. The predicted octanol–water partition coefficient (Wildman–Crippen LogP) is 6.51. The Labute approximate surface area is 255 Å². The van der Waals surface area contributed by atoms with Crippen molar-refractivity contribution >= 4 is 12.1 Å². The van der Waals surface area contributed by atoms with Gasteiger partial charge in [-0.15, -0.1) is 0 Å². The van der Waals surface area contributed by atoms with Crippen LogP contribution in [-0.2, 0) is 25.5 Å². The Balaban J connectivity index is 1.28. The zero-order valence-electron chi connectivity index (χ0n) is 24.6. The van der Waals surface area contributed by atoms with Crippen molar-refractivity contribution in [3.63, 3.8) is 0 Å². The Morgan fingerprint density at radius 2 is 1.45 bits per heavy atom. The molecule has 0 radical (unpaired) electrons. The highest BCUT2D eigenvalue weighted by Crippen LogP contribution is 2.39. The lowest BCUT2D eigenvalue weighted by Gasteiger charge is -2.45. The first-order valence-electron chi connectivity index (χ1n) is 14.3. The van der Waals surface area contributed by atoms with Gasteiger partial charge in [-0.05, 0) is 73.0 Å². The van der Waals surface area contributed by atoms with Crippen LogP contribution in [0, 0.1) is 0 Å². The molecule has 4 atom stereocenters. The Hall–Kier alpha value is -4.86. The van der Waals surface area contributed by atoms with E-state index in [2.05, 4.69) is 5.32 Å². The first-order chi connectivity index (χ1) is 21.3. The topological polar surface area (TPSA) is 102 Å². The molecule has 2 aliphatic heterocycles. The van der Waals surface area contributed by atoms with Gasteiger partial charge >= 0.3 is 6.16 Å². The lowest BCUT2D eigenvalue weighted by molar-refractivity contribution is -0.282. The molecule has 0 spiro atoms. The largest absolute Gasteiger partial charge is 0.509 e. The first kappa shape index (κ1) is 29.2. The molecule has 2 saturated heterocycles. The van der Waals surface area contributed by atoms with Gasteiger partial charge in [0.25, 0.3) is 5.91 Å². The van der Waals surface area contributed by atoms with Crippen molar-refractivity contribution in [1.82, 2.24) is 5.32 Å². The van der Waals surface area contributed by atoms with Crippen LogP contribution >= 0.6 is 0 Å². The Morgan fingerprint density at radius 1 is 0.818 bits per heavy atom. The van der Waals surface area contributed by atoms with Crippen molar-refractivity contribution in [2.45, 2.75) is 50.6 Å². The fourth-order valence-corrected chi connectivity index (χ4v) is 5.54. The van der Waals surface area contributed by atoms with E-state index in [1.807, 2.05) is 105 Å². The molecule has 0 aliphatic carbocycles. The van der Waals surface area contributed by atoms with Crippen LogP contribution in [0.4, 0.5) is 4.79 Å². The third-order valence-corrected chi connectivity index (χ3v) is 7.64. The third kappa shape index (κ3) is 6.24. The monoisotopic (exact) mass is 595 g/mol. The molecule has 2 heterocycles. The number of carbonyl (C=O) groups excluding carboxylic acids is 2.